The highest BCUT2D eigenvalue weighted by atomic mass is 16.5. The number of hydrogen-bond acceptors (Lipinski definition) is 3. The van der Waals surface area contributed by atoms with Crippen LogP contribution in [0.1, 0.15) is 85.5 Å². The zero-order valence-electron chi connectivity index (χ0n) is 20.6. The van der Waals surface area contributed by atoms with Gasteiger partial charge in [0.15, 0.2) is 0 Å². The van der Waals surface area contributed by atoms with E-state index in [0.717, 1.165) is 56.5 Å². The van der Waals surface area contributed by atoms with Crippen LogP contribution in [0, 0.1) is 40.9 Å². The van der Waals surface area contributed by atoms with Crippen LogP contribution in [-0.2, 0) is 9.53 Å². The first kappa shape index (κ1) is 21.4. The predicted molar refractivity (Wildman–Crippen MR) is 128 cm³/mol. The van der Waals surface area contributed by atoms with E-state index in [-0.39, 0.29) is 17.6 Å². The molecule has 1 N–H and O–H groups in total. The molecule has 6 aliphatic rings. The number of ether oxygens (including phenoxy) is 1. The Labute approximate surface area is 194 Å². The van der Waals surface area contributed by atoms with Gasteiger partial charge in [-0.15, -0.1) is 0 Å². The summed E-state index contributed by atoms with van der Waals surface area (Å²) in [4.78, 5) is 17.3. The SMILES string of the molecule is CC1=C2C[C@H]3[C@@H](CC[C@@H]4CC(=O)NCC[C@@]43C)[C@@H]2CC[C@@]2(C1)O[C@@H]1C[C@H](C)CN=C1[C@H]2C. The van der Waals surface area contributed by atoms with Crippen LogP contribution in [0.5, 0.6) is 0 Å². The van der Waals surface area contributed by atoms with Crippen LogP contribution < -0.4 is 5.32 Å². The maximum atomic E-state index is 12.3. The summed E-state index contributed by atoms with van der Waals surface area (Å²) < 4.78 is 6.95. The van der Waals surface area contributed by atoms with E-state index in [9.17, 15) is 4.79 Å². The van der Waals surface area contributed by atoms with Crippen molar-refractivity contribution in [2.45, 2.75) is 97.2 Å². The Bertz CT molecular complexity index is 877. The average Bonchev–Trinajstić information content (AvgIpc) is 3.14. The Morgan fingerprint density at radius 1 is 1.12 bits per heavy atom. The summed E-state index contributed by atoms with van der Waals surface area (Å²) in [6.45, 7) is 11.5. The second kappa shape index (κ2) is 7.42. The summed E-state index contributed by atoms with van der Waals surface area (Å²) in [5.74, 6) is 4.26. The fourth-order valence-corrected chi connectivity index (χ4v) is 9.22. The van der Waals surface area contributed by atoms with Gasteiger partial charge >= 0.3 is 0 Å². The quantitative estimate of drug-likeness (QED) is 0.520. The highest BCUT2D eigenvalue weighted by molar-refractivity contribution is 5.94. The number of nitrogens with zero attached hydrogens (tertiary/aromatic N) is 1. The lowest BCUT2D eigenvalue weighted by atomic mass is 9.55. The van der Waals surface area contributed by atoms with Gasteiger partial charge in [-0.2, -0.15) is 0 Å². The van der Waals surface area contributed by atoms with Crippen molar-refractivity contribution in [1.29, 1.82) is 0 Å². The summed E-state index contributed by atoms with van der Waals surface area (Å²) in [7, 11) is 0. The van der Waals surface area contributed by atoms with Gasteiger partial charge in [-0.05, 0) is 93.3 Å². The molecule has 0 aromatic carbocycles. The molecule has 0 radical (unpaired) electrons. The minimum absolute atomic E-state index is 0.0236. The minimum atomic E-state index is -0.0236. The summed E-state index contributed by atoms with van der Waals surface area (Å²) in [5, 5.41) is 3.17. The van der Waals surface area contributed by atoms with Crippen LogP contribution in [0.15, 0.2) is 16.1 Å². The van der Waals surface area contributed by atoms with Crippen molar-refractivity contribution < 1.29 is 9.53 Å². The molecular weight excluding hydrogens is 396 g/mol. The highest BCUT2D eigenvalue weighted by Crippen LogP contribution is 2.63. The zero-order valence-corrected chi connectivity index (χ0v) is 20.6. The molecule has 3 aliphatic heterocycles. The van der Waals surface area contributed by atoms with Gasteiger partial charge in [-0.25, -0.2) is 0 Å². The number of carbonyl (C=O) groups is 1. The van der Waals surface area contributed by atoms with Crippen LogP contribution in [0.3, 0.4) is 0 Å². The van der Waals surface area contributed by atoms with E-state index in [1.54, 1.807) is 11.1 Å². The summed E-state index contributed by atoms with van der Waals surface area (Å²) >= 11 is 0. The standard InChI is InChI=1S/C28H42N2O2/c1-16-11-24-26(30-15-16)18(3)28(32-24)8-7-20-21-6-5-19-12-25(31)29-10-9-27(19,4)23(21)13-22(20)17(2)14-28/h16,18-21,23-24H,5-15H2,1-4H3,(H,29,31)/t16-,18+,19+,20-,21-,23-,24+,27-,28-/m0/s1. The maximum Gasteiger partial charge on any atom is 0.220 e. The molecule has 3 aliphatic carbocycles. The number of carbonyl (C=O) groups excluding carboxylic acids is 1. The summed E-state index contributed by atoms with van der Waals surface area (Å²) in [6.07, 6.45) is 10.7. The van der Waals surface area contributed by atoms with Gasteiger partial charge in [0.2, 0.25) is 5.91 Å². The van der Waals surface area contributed by atoms with E-state index >= 15 is 0 Å². The number of nitrogens with one attached hydrogen (secondary N) is 1. The molecule has 4 fully saturated rings. The lowest BCUT2D eigenvalue weighted by molar-refractivity contribution is -0.122. The molecule has 2 saturated carbocycles. The van der Waals surface area contributed by atoms with Crippen molar-refractivity contribution in [1.82, 2.24) is 5.32 Å². The Kier molecular flexibility index (Phi) is 4.96. The van der Waals surface area contributed by atoms with E-state index in [2.05, 4.69) is 33.0 Å². The Morgan fingerprint density at radius 3 is 2.81 bits per heavy atom. The number of amides is 1. The van der Waals surface area contributed by atoms with Gasteiger partial charge < -0.3 is 10.1 Å². The molecule has 0 aromatic rings. The fourth-order valence-electron chi connectivity index (χ4n) is 9.22. The normalized spacial score (nSPS) is 50.6. The zero-order chi connectivity index (χ0) is 22.3. The van der Waals surface area contributed by atoms with Crippen molar-refractivity contribution in [3.63, 3.8) is 0 Å². The first-order valence-corrected chi connectivity index (χ1v) is 13.5. The number of fused-ring (bicyclic) bond motifs is 6. The van der Waals surface area contributed by atoms with Gasteiger partial charge in [0.25, 0.3) is 0 Å². The lowest BCUT2D eigenvalue weighted by Gasteiger charge is -2.49. The second-order valence-electron chi connectivity index (χ2n) is 12.7. The summed E-state index contributed by atoms with van der Waals surface area (Å²) in [6, 6.07) is 0. The number of hydrogen-bond donors (Lipinski definition) is 1. The smallest absolute Gasteiger partial charge is 0.220 e. The monoisotopic (exact) mass is 438 g/mol. The van der Waals surface area contributed by atoms with E-state index < -0.39 is 0 Å². The molecule has 6 rings (SSSR count). The van der Waals surface area contributed by atoms with Crippen molar-refractivity contribution >= 4 is 11.6 Å². The van der Waals surface area contributed by atoms with Gasteiger partial charge in [0, 0.05) is 31.1 Å². The number of allylic oxidation sites excluding steroid dienone is 1. The van der Waals surface area contributed by atoms with Crippen molar-refractivity contribution in [3.05, 3.63) is 11.1 Å². The third-order valence-corrected chi connectivity index (χ3v) is 11.1. The Hall–Kier alpha value is -1.16. The van der Waals surface area contributed by atoms with Crippen molar-refractivity contribution in [2.24, 2.45) is 45.9 Å². The van der Waals surface area contributed by atoms with Crippen LogP contribution in [0.2, 0.25) is 0 Å². The average molecular weight is 439 g/mol. The third kappa shape index (κ3) is 3.03. The van der Waals surface area contributed by atoms with Gasteiger partial charge in [-0.1, -0.05) is 31.9 Å². The molecule has 9 atom stereocenters. The molecule has 1 spiro atoms. The molecule has 2 saturated heterocycles. The molecule has 4 nitrogen and oxygen atoms in total. The number of aliphatic imine (C=N–C) groups is 1. The summed E-state index contributed by atoms with van der Waals surface area (Å²) in [5.41, 5.74) is 5.07. The lowest BCUT2D eigenvalue weighted by Crippen LogP contribution is -2.43. The molecule has 0 unspecified atom stereocenters. The number of rotatable bonds is 0. The van der Waals surface area contributed by atoms with E-state index in [1.807, 2.05) is 0 Å². The van der Waals surface area contributed by atoms with E-state index in [1.165, 1.54) is 37.8 Å². The molecule has 1 amide bonds. The third-order valence-electron chi connectivity index (χ3n) is 11.1. The molecule has 32 heavy (non-hydrogen) atoms. The van der Waals surface area contributed by atoms with E-state index in [4.69, 9.17) is 9.73 Å². The first-order chi connectivity index (χ1) is 15.3. The maximum absolute atomic E-state index is 12.3. The highest BCUT2D eigenvalue weighted by Gasteiger charge is 2.58. The first-order valence-electron chi connectivity index (χ1n) is 13.5. The van der Waals surface area contributed by atoms with Crippen LogP contribution >= 0.6 is 0 Å². The van der Waals surface area contributed by atoms with Crippen LogP contribution in [-0.4, -0.2) is 36.4 Å². The van der Waals surface area contributed by atoms with Crippen LogP contribution in [0.4, 0.5) is 0 Å². The van der Waals surface area contributed by atoms with Gasteiger partial charge in [-0.3, -0.25) is 9.79 Å². The Morgan fingerprint density at radius 2 is 1.97 bits per heavy atom. The second-order valence-corrected chi connectivity index (χ2v) is 12.7. The predicted octanol–water partition coefficient (Wildman–Crippen LogP) is 5.32. The topological polar surface area (TPSA) is 50.7 Å². The molecule has 176 valence electrons. The van der Waals surface area contributed by atoms with Gasteiger partial charge in [0.1, 0.15) is 0 Å². The Balaban J connectivity index is 1.29. The molecular formula is C28H42N2O2. The minimum Gasteiger partial charge on any atom is -0.365 e. The van der Waals surface area contributed by atoms with Crippen LogP contribution in [0.25, 0.3) is 0 Å². The molecule has 4 heteroatoms. The van der Waals surface area contributed by atoms with E-state index in [0.29, 0.717) is 23.2 Å². The van der Waals surface area contributed by atoms with Crippen molar-refractivity contribution in [2.75, 3.05) is 13.1 Å². The largest absolute Gasteiger partial charge is 0.365 e. The molecule has 0 bridgehead atoms. The fraction of sp³-hybridized carbons (Fsp3) is 0.857. The van der Waals surface area contributed by atoms with Crippen molar-refractivity contribution in [3.8, 4) is 0 Å². The van der Waals surface area contributed by atoms with Gasteiger partial charge in [0.05, 0.1) is 11.7 Å². The molecule has 3 heterocycles. The molecule has 0 aromatic heterocycles.